The number of hydrogen-bond acceptors (Lipinski definition) is 4. The molecule has 3 heterocycles. The molecule has 12 heteroatoms. The lowest BCUT2D eigenvalue weighted by Gasteiger charge is -2.32. The molecule has 3 fully saturated rings. The summed E-state index contributed by atoms with van der Waals surface area (Å²) in [5.74, 6) is 1.61. The molecule has 1 atom stereocenters. The van der Waals surface area contributed by atoms with E-state index >= 15 is 0 Å². The maximum absolute atomic E-state index is 12.7. The Hall–Kier alpha value is -0.340. The Kier molecular flexibility index (Phi) is 9.50. The maximum Gasteiger partial charge on any atom is 0.511 e. The molecular formula is C18H33F3IN5O2S. The Morgan fingerprint density at radius 1 is 1.03 bits per heavy atom. The molecule has 0 aromatic carbocycles. The maximum atomic E-state index is 12.7. The number of alkyl halides is 3. The third-order valence-corrected chi connectivity index (χ3v) is 7.90. The predicted molar refractivity (Wildman–Crippen MR) is 121 cm³/mol. The average molecular weight is 567 g/mol. The molecule has 0 aromatic rings. The summed E-state index contributed by atoms with van der Waals surface area (Å²) in [7, 11) is -3.47. The van der Waals surface area contributed by atoms with Crippen LogP contribution in [0.4, 0.5) is 13.2 Å². The topological polar surface area (TPSA) is 68.2 Å². The van der Waals surface area contributed by atoms with Crippen LogP contribution in [-0.4, -0.2) is 93.4 Å². The molecule has 0 aromatic heterocycles. The van der Waals surface area contributed by atoms with Gasteiger partial charge in [-0.2, -0.15) is 17.5 Å². The van der Waals surface area contributed by atoms with Crippen molar-refractivity contribution in [1.29, 1.82) is 0 Å². The summed E-state index contributed by atoms with van der Waals surface area (Å²) in [4.78, 5) is 9.16. The van der Waals surface area contributed by atoms with E-state index in [1.807, 2.05) is 0 Å². The Morgan fingerprint density at radius 3 is 2.20 bits per heavy atom. The van der Waals surface area contributed by atoms with Gasteiger partial charge in [-0.25, -0.2) is 8.42 Å². The normalized spacial score (nSPS) is 25.5. The van der Waals surface area contributed by atoms with Crippen molar-refractivity contribution in [2.75, 3.05) is 59.4 Å². The minimum Gasteiger partial charge on any atom is -0.356 e. The first-order valence-corrected chi connectivity index (χ1v) is 11.9. The van der Waals surface area contributed by atoms with Crippen LogP contribution in [0.1, 0.15) is 32.1 Å². The van der Waals surface area contributed by atoms with Gasteiger partial charge in [-0.15, -0.1) is 24.0 Å². The quantitative estimate of drug-likeness (QED) is 0.314. The Bertz CT molecular complexity index is 678. The van der Waals surface area contributed by atoms with Crippen molar-refractivity contribution < 1.29 is 21.6 Å². The zero-order valence-electron chi connectivity index (χ0n) is 17.4. The zero-order chi connectivity index (χ0) is 21.1. The van der Waals surface area contributed by atoms with E-state index < -0.39 is 15.5 Å². The molecule has 3 aliphatic rings. The van der Waals surface area contributed by atoms with Crippen molar-refractivity contribution in [3.8, 4) is 0 Å². The van der Waals surface area contributed by atoms with E-state index in [1.54, 1.807) is 7.05 Å². The minimum absolute atomic E-state index is 0. The number of aliphatic imine (C=N–C) groups is 1. The van der Waals surface area contributed by atoms with E-state index in [0.29, 0.717) is 29.6 Å². The van der Waals surface area contributed by atoms with Crippen LogP contribution >= 0.6 is 24.0 Å². The third-order valence-electron chi connectivity index (χ3n) is 6.27. The van der Waals surface area contributed by atoms with Crippen LogP contribution < -0.4 is 5.32 Å². The summed E-state index contributed by atoms with van der Waals surface area (Å²) < 4.78 is 61.6. The van der Waals surface area contributed by atoms with Crippen molar-refractivity contribution >= 4 is 40.0 Å². The highest BCUT2D eigenvalue weighted by atomic mass is 127. The first-order chi connectivity index (χ1) is 13.7. The number of nitrogens with one attached hydrogen (secondary N) is 1. The number of rotatable bonds is 5. The monoisotopic (exact) mass is 567 g/mol. The Labute approximate surface area is 194 Å². The molecule has 3 rings (SSSR count). The van der Waals surface area contributed by atoms with Crippen LogP contribution in [0.25, 0.3) is 0 Å². The summed E-state index contributed by atoms with van der Waals surface area (Å²) in [6.45, 7) is 5.89. The molecule has 30 heavy (non-hydrogen) atoms. The molecule has 0 radical (unpaired) electrons. The lowest BCUT2D eigenvalue weighted by molar-refractivity contribution is -0.0496. The van der Waals surface area contributed by atoms with E-state index in [4.69, 9.17) is 0 Å². The fourth-order valence-electron chi connectivity index (χ4n) is 4.57. The van der Waals surface area contributed by atoms with Gasteiger partial charge in [0.15, 0.2) is 5.96 Å². The largest absolute Gasteiger partial charge is 0.511 e. The molecule has 3 aliphatic heterocycles. The van der Waals surface area contributed by atoms with E-state index in [0.717, 1.165) is 32.0 Å². The van der Waals surface area contributed by atoms with Crippen molar-refractivity contribution in [2.24, 2.45) is 16.8 Å². The van der Waals surface area contributed by atoms with Crippen molar-refractivity contribution in [3.05, 3.63) is 0 Å². The van der Waals surface area contributed by atoms with Gasteiger partial charge in [-0.3, -0.25) is 4.99 Å². The smallest absolute Gasteiger partial charge is 0.356 e. The van der Waals surface area contributed by atoms with Crippen molar-refractivity contribution in [1.82, 2.24) is 19.4 Å². The average Bonchev–Trinajstić information content (AvgIpc) is 3.34. The van der Waals surface area contributed by atoms with Gasteiger partial charge in [0.2, 0.25) is 0 Å². The van der Waals surface area contributed by atoms with E-state index in [2.05, 4.69) is 20.1 Å². The lowest BCUT2D eigenvalue weighted by Crippen LogP contribution is -2.47. The summed E-state index contributed by atoms with van der Waals surface area (Å²) in [5, 5.41) is 3.35. The van der Waals surface area contributed by atoms with Gasteiger partial charge in [0, 0.05) is 46.3 Å². The molecule has 7 nitrogen and oxygen atoms in total. The number of likely N-dealkylation sites (tertiary alicyclic amines) is 2. The zero-order valence-corrected chi connectivity index (χ0v) is 20.5. The fraction of sp³-hybridized carbons (Fsp3) is 0.944. The molecule has 1 unspecified atom stereocenters. The highest BCUT2D eigenvalue weighted by Gasteiger charge is 2.50. The van der Waals surface area contributed by atoms with E-state index in [9.17, 15) is 21.6 Å². The molecule has 0 spiro atoms. The van der Waals surface area contributed by atoms with Gasteiger partial charge in [-0.05, 0) is 57.0 Å². The molecule has 0 bridgehead atoms. The van der Waals surface area contributed by atoms with Gasteiger partial charge in [0.1, 0.15) is 0 Å². The van der Waals surface area contributed by atoms with E-state index in [1.165, 1.54) is 25.9 Å². The van der Waals surface area contributed by atoms with Crippen LogP contribution in [0.2, 0.25) is 0 Å². The second kappa shape index (κ2) is 11.0. The predicted octanol–water partition coefficient (Wildman–Crippen LogP) is 2.16. The number of guanidine groups is 1. The second-order valence-corrected chi connectivity index (χ2v) is 10.3. The highest BCUT2D eigenvalue weighted by molar-refractivity contribution is 14.0. The number of sulfonamides is 1. The van der Waals surface area contributed by atoms with Crippen LogP contribution in [0.5, 0.6) is 0 Å². The highest BCUT2D eigenvalue weighted by Crippen LogP contribution is 2.30. The summed E-state index contributed by atoms with van der Waals surface area (Å²) in [5.41, 5.74) is -5.22. The van der Waals surface area contributed by atoms with Crippen molar-refractivity contribution in [2.45, 2.75) is 37.6 Å². The molecule has 1 N–H and O–H groups in total. The SMILES string of the molecule is CN=C(NCC1CCN(S(=O)(=O)C(F)(F)F)CC1)N1CCC(CN2CCCC2)C1.I. The van der Waals surface area contributed by atoms with Gasteiger partial charge < -0.3 is 15.1 Å². The summed E-state index contributed by atoms with van der Waals surface area (Å²) in [6.07, 6.45) is 4.56. The van der Waals surface area contributed by atoms with Crippen LogP contribution in [0.3, 0.4) is 0 Å². The number of piperidine rings is 1. The first-order valence-electron chi connectivity index (χ1n) is 10.4. The van der Waals surface area contributed by atoms with Gasteiger partial charge in [0.25, 0.3) is 0 Å². The Balaban J connectivity index is 0.00000320. The molecule has 0 aliphatic carbocycles. The number of nitrogens with zero attached hydrogens (tertiary/aromatic N) is 4. The molecule has 0 amide bonds. The number of hydrogen-bond donors (Lipinski definition) is 1. The summed E-state index contributed by atoms with van der Waals surface area (Å²) >= 11 is 0. The minimum atomic E-state index is -5.22. The third kappa shape index (κ3) is 6.35. The molecule has 176 valence electrons. The van der Waals surface area contributed by atoms with Crippen LogP contribution in [0.15, 0.2) is 4.99 Å². The molecule has 3 saturated heterocycles. The van der Waals surface area contributed by atoms with E-state index in [-0.39, 0.29) is 43.0 Å². The molecule has 0 saturated carbocycles. The van der Waals surface area contributed by atoms with Gasteiger partial charge in [0.05, 0.1) is 0 Å². The van der Waals surface area contributed by atoms with Crippen molar-refractivity contribution in [3.63, 3.8) is 0 Å². The first kappa shape index (κ1) is 25.9. The standard InChI is InChI=1S/C18H32F3N5O2S.HI/c1-22-17(25-9-4-16(14-25)13-24-7-2-3-8-24)23-12-15-5-10-26(11-6-15)29(27,28)18(19,20)21;/h15-16H,2-14H2,1H3,(H,22,23);1H. The van der Waals surface area contributed by atoms with Crippen LogP contribution in [0, 0.1) is 11.8 Å². The second-order valence-electron chi connectivity index (χ2n) is 8.33. The fourth-order valence-corrected chi connectivity index (χ4v) is 5.56. The summed E-state index contributed by atoms with van der Waals surface area (Å²) in [6, 6.07) is 0. The lowest BCUT2D eigenvalue weighted by atomic mass is 9.98. The Morgan fingerprint density at radius 2 is 1.63 bits per heavy atom. The van der Waals surface area contributed by atoms with Gasteiger partial charge in [-0.1, -0.05) is 0 Å². The van der Waals surface area contributed by atoms with Gasteiger partial charge >= 0.3 is 15.5 Å². The molecular weight excluding hydrogens is 534 g/mol. The number of halogens is 4. The van der Waals surface area contributed by atoms with Crippen LogP contribution in [-0.2, 0) is 10.0 Å².